The second-order valence-corrected chi connectivity index (χ2v) is 18.1. The normalized spacial score (nSPS) is 32.5. The average Bonchev–Trinajstić information content (AvgIpc) is 2.81. The van der Waals surface area contributed by atoms with Gasteiger partial charge in [-0.3, -0.25) is 0 Å². The van der Waals surface area contributed by atoms with Gasteiger partial charge in [0.05, 0.1) is 0 Å². The molecular formula is C35H55I. The third-order valence-electron chi connectivity index (χ3n) is 8.97. The number of rotatable bonds is 11. The molecule has 36 heavy (non-hydrogen) atoms. The Balaban J connectivity index is 1.34. The Bertz CT molecular complexity index is 834. The van der Waals surface area contributed by atoms with Gasteiger partial charge in [0.1, 0.15) is 0 Å². The van der Waals surface area contributed by atoms with E-state index in [2.05, 4.69) is 80.2 Å². The molecule has 3 unspecified atom stereocenters. The maximum atomic E-state index is 4.43. The van der Waals surface area contributed by atoms with Gasteiger partial charge in [-0.1, -0.05) is 26.7 Å². The fraction of sp³-hybridized carbons (Fsp3) is 0.657. The van der Waals surface area contributed by atoms with Gasteiger partial charge in [0, 0.05) is 0 Å². The van der Waals surface area contributed by atoms with Crippen LogP contribution in [0, 0.1) is 29.6 Å². The number of alkyl halides is 2. The van der Waals surface area contributed by atoms with Crippen molar-refractivity contribution in [3.63, 3.8) is 0 Å². The molecule has 0 nitrogen and oxygen atoms in total. The summed E-state index contributed by atoms with van der Waals surface area (Å²) < 4.78 is 3.32. The Morgan fingerprint density at radius 2 is 1.58 bits per heavy atom. The first-order valence-electron chi connectivity index (χ1n) is 14.8. The van der Waals surface area contributed by atoms with Gasteiger partial charge in [-0.05, 0) is 49.4 Å². The van der Waals surface area contributed by atoms with Crippen LogP contribution in [0.2, 0.25) is 0 Å². The molecule has 3 aliphatic rings. The van der Waals surface area contributed by atoms with E-state index in [-0.39, 0.29) is 0 Å². The number of hydrogen-bond acceptors (Lipinski definition) is 0. The van der Waals surface area contributed by atoms with Gasteiger partial charge in [-0.15, -0.1) is 0 Å². The first kappa shape index (κ1) is 29.7. The molecule has 3 atom stereocenters. The maximum absolute atomic E-state index is 4.43. The molecule has 0 amide bonds. The molecule has 2 fully saturated rings. The van der Waals surface area contributed by atoms with Crippen LogP contribution >= 0.6 is 19.8 Å². The van der Waals surface area contributed by atoms with Crippen molar-refractivity contribution in [3.8, 4) is 0 Å². The fourth-order valence-corrected chi connectivity index (χ4v) is 11.5. The molecule has 0 N–H and O–H groups in total. The van der Waals surface area contributed by atoms with Crippen LogP contribution in [0.15, 0.2) is 69.9 Å². The van der Waals surface area contributed by atoms with Crippen molar-refractivity contribution in [1.82, 2.24) is 0 Å². The predicted octanol–water partition coefficient (Wildman–Crippen LogP) is 11.4. The molecule has 2 saturated carbocycles. The fourth-order valence-electron chi connectivity index (χ4n) is 7.08. The van der Waals surface area contributed by atoms with Crippen LogP contribution in [-0.2, 0) is 0 Å². The molecule has 3 rings (SSSR count). The number of halogens is 1. The van der Waals surface area contributed by atoms with E-state index in [1.54, 1.807) is 0 Å². The van der Waals surface area contributed by atoms with E-state index in [4.69, 9.17) is 0 Å². The molecule has 0 radical (unpaired) electrons. The van der Waals surface area contributed by atoms with Crippen molar-refractivity contribution in [2.45, 2.75) is 109 Å². The molecule has 0 aromatic carbocycles. The van der Waals surface area contributed by atoms with E-state index in [0.29, 0.717) is 0 Å². The number of allylic oxidation sites excluding steroid dienone is 9. The zero-order valence-corrected chi connectivity index (χ0v) is 26.4. The summed E-state index contributed by atoms with van der Waals surface area (Å²) in [6, 6.07) is 0. The van der Waals surface area contributed by atoms with E-state index in [0.717, 1.165) is 46.4 Å². The third kappa shape index (κ3) is 10.1. The third-order valence-corrected chi connectivity index (χ3v) is 14.3. The quantitative estimate of drug-likeness (QED) is 0.0955. The molecule has 0 aromatic rings. The van der Waals surface area contributed by atoms with Gasteiger partial charge < -0.3 is 0 Å². The van der Waals surface area contributed by atoms with Gasteiger partial charge in [0.25, 0.3) is 0 Å². The molecule has 0 spiro atoms. The van der Waals surface area contributed by atoms with E-state index >= 15 is 0 Å². The van der Waals surface area contributed by atoms with Crippen LogP contribution in [0.25, 0.3) is 0 Å². The summed E-state index contributed by atoms with van der Waals surface area (Å²) in [5, 5.41) is 0. The second kappa shape index (κ2) is 14.9. The van der Waals surface area contributed by atoms with E-state index in [1.807, 2.05) is 0 Å². The van der Waals surface area contributed by atoms with Crippen molar-refractivity contribution in [2.24, 2.45) is 29.6 Å². The van der Waals surface area contributed by atoms with Crippen LogP contribution in [0.1, 0.15) is 105 Å². The molecule has 202 valence electrons. The summed E-state index contributed by atoms with van der Waals surface area (Å²) in [6.45, 7) is 18.2. The summed E-state index contributed by atoms with van der Waals surface area (Å²) in [5.74, 6) is 4.75. The minimum atomic E-state index is -0.976. The molecule has 1 heteroatoms. The minimum Gasteiger partial charge on any atom is -0.0625 e. The van der Waals surface area contributed by atoms with Gasteiger partial charge in [-0.25, -0.2) is 0 Å². The van der Waals surface area contributed by atoms with E-state index in [9.17, 15) is 0 Å². The Labute approximate surface area is 232 Å². The van der Waals surface area contributed by atoms with Gasteiger partial charge in [0.2, 0.25) is 0 Å². The molecule has 2 aliphatic carbocycles. The average molecular weight is 603 g/mol. The van der Waals surface area contributed by atoms with Gasteiger partial charge in [-0.2, -0.15) is 0 Å². The molecular weight excluding hydrogens is 547 g/mol. The standard InChI is InChI=1S/C35H55I/c1-8-31(13-10-27(3)23-35-18-11-28(4)25-36(35)7)12-9-26(2)20-32-14-16-33(17-15-32)24-34-21-29(5)19-30(6)22-34/h8-9,11-12,18,25,29-30,32-35H,2-3,10,13-17,19-24H2,1,4-7H3/b12-9-,31-8+. The zero-order valence-electron chi connectivity index (χ0n) is 24.2. The predicted molar refractivity (Wildman–Crippen MR) is 172 cm³/mol. The monoisotopic (exact) mass is 602 g/mol. The topological polar surface area (TPSA) is 0 Å². The van der Waals surface area contributed by atoms with Crippen molar-refractivity contribution in [3.05, 3.63) is 69.9 Å². The smallest absolute Gasteiger partial charge is 0.0625 e. The van der Waals surface area contributed by atoms with E-state index < -0.39 is 19.8 Å². The van der Waals surface area contributed by atoms with Crippen LogP contribution in [0.3, 0.4) is 0 Å². The first-order chi connectivity index (χ1) is 17.2. The Morgan fingerprint density at radius 1 is 0.917 bits per heavy atom. The summed E-state index contributed by atoms with van der Waals surface area (Å²) in [6.07, 6.45) is 27.9. The van der Waals surface area contributed by atoms with E-state index in [1.165, 1.54) is 86.5 Å². The summed E-state index contributed by atoms with van der Waals surface area (Å²) >= 11 is -0.976. The van der Waals surface area contributed by atoms with Crippen molar-refractivity contribution in [2.75, 3.05) is 4.93 Å². The summed E-state index contributed by atoms with van der Waals surface area (Å²) in [5.41, 5.74) is 5.63. The Morgan fingerprint density at radius 3 is 2.22 bits per heavy atom. The SMILES string of the molecule is C=C(/C=C\C(=C/C)CCC(=C)CC1C=CC(C)=CI1C)CC1CCC(CC2CC(C)CC(C)C2)CC1. The van der Waals surface area contributed by atoms with Gasteiger partial charge in [0.15, 0.2) is 0 Å². The molecule has 1 aliphatic heterocycles. The van der Waals surface area contributed by atoms with Crippen LogP contribution in [-0.4, -0.2) is 8.86 Å². The molecule has 0 bridgehead atoms. The van der Waals surface area contributed by atoms with Crippen molar-refractivity contribution < 1.29 is 0 Å². The molecule has 1 heterocycles. The van der Waals surface area contributed by atoms with Crippen LogP contribution in [0.4, 0.5) is 0 Å². The Hall–Kier alpha value is -0.830. The van der Waals surface area contributed by atoms with Crippen LogP contribution < -0.4 is 0 Å². The number of hydrogen-bond donors (Lipinski definition) is 0. The van der Waals surface area contributed by atoms with Crippen molar-refractivity contribution >= 4 is 19.8 Å². The van der Waals surface area contributed by atoms with Crippen LogP contribution in [0.5, 0.6) is 0 Å². The second-order valence-electron chi connectivity index (χ2n) is 12.7. The Kier molecular flexibility index (Phi) is 12.3. The minimum absolute atomic E-state index is 0.764. The molecule has 0 aromatic heterocycles. The summed E-state index contributed by atoms with van der Waals surface area (Å²) in [7, 11) is 0. The zero-order chi connectivity index (χ0) is 26.1. The summed E-state index contributed by atoms with van der Waals surface area (Å²) in [4.78, 5) is 2.49. The van der Waals surface area contributed by atoms with Gasteiger partial charge >= 0.3 is 157 Å². The molecule has 0 saturated heterocycles. The first-order valence-corrected chi connectivity index (χ1v) is 19.5. The van der Waals surface area contributed by atoms with Crippen molar-refractivity contribution in [1.29, 1.82) is 0 Å².